The lowest BCUT2D eigenvalue weighted by molar-refractivity contribution is -0.274. The zero-order valence-electron chi connectivity index (χ0n) is 13.4. The Kier molecular flexibility index (Phi) is 10.7. The minimum atomic E-state index is -4.75. The smallest absolute Gasteiger partial charge is 0.406 e. The Hall–Kier alpha value is -1.27. The molecule has 0 fully saturated rings. The molecule has 0 bridgehead atoms. The maximum Gasteiger partial charge on any atom is 0.573 e. The number of carbonyl (C=O) groups is 1. The Labute approximate surface area is 153 Å². The first-order valence-electron chi connectivity index (χ1n) is 7.09. The number of halogens is 5. The Balaban J connectivity index is 0.000000754. The van der Waals surface area contributed by atoms with Crippen LogP contribution in [0.1, 0.15) is 37.0 Å². The number of carbonyl (C=O) groups excluding carboxylic acids is 1. The van der Waals surface area contributed by atoms with Gasteiger partial charge in [-0.1, -0.05) is 65.7 Å². The van der Waals surface area contributed by atoms with E-state index in [1.165, 1.54) is 12.1 Å². The molecular weight excluding hydrogens is 409 g/mol. The molecule has 1 unspecified atom stereocenters. The average molecular weight is 428 g/mol. The van der Waals surface area contributed by atoms with E-state index >= 15 is 0 Å². The summed E-state index contributed by atoms with van der Waals surface area (Å²) in [6.07, 6.45) is 0.0758. The quantitative estimate of drug-likeness (QED) is 0.289. The first-order chi connectivity index (χ1) is 11.1. The van der Waals surface area contributed by atoms with Crippen LogP contribution in [0.3, 0.4) is 0 Å². The van der Waals surface area contributed by atoms with E-state index in [9.17, 15) is 18.0 Å². The fraction of sp³-hybridized carbons (Fsp3) is 0.353. The van der Waals surface area contributed by atoms with E-state index in [2.05, 4.69) is 27.2 Å². The van der Waals surface area contributed by atoms with Crippen molar-refractivity contribution in [1.29, 1.82) is 0 Å². The van der Waals surface area contributed by atoms with Gasteiger partial charge in [0, 0.05) is 10.6 Å². The minimum Gasteiger partial charge on any atom is -0.406 e. The number of hydrogen-bond donors (Lipinski definition) is 0. The maximum absolute atomic E-state index is 12.0. The summed E-state index contributed by atoms with van der Waals surface area (Å²) in [6.45, 7) is 7.17. The Morgan fingerprint density at radius 3 is 2.50 bits per heavy atom. The lowest BCUT2D eigenvalue weighted by Crippen LogP contribution is -2.18. The lowest BCUT2D eigenvalue weighted by Gasteiger charge is -2.11. The SMILES string of the molecule is C=C/C=C(\C)Cl.CCCC(Br)C(=O)c1cccc(OC(F)(F)F)c1. The van der Waals surface area contributed by atoms with Gasteiger partial charge in [0.2, 0.25) is 0 Å². The molecule has 1 atom stereocenters. The molecule has 0 aliphatic heterocycles. The van der Waals surface area contributed by atoms with Crippen LogP contribution >= 0.6 is 27.5 Å². The van der Waals surface area contributed by atoms with E-state index in [4.69, 9.17) is 11.6 Å². The van der Waals surface area contributed by atoms with Gasteiger partial charge in [-0.05, 0) is 31.6 Å². The predicted molar refractivity (Wildman–Crippen MR) is 94.9 cm³/mol. The van der Waals surface area contributed by atoms with Crippen molar-refractivity contribution in [2.45, 2.75) is 37.9 Å². The van der Waals surface area contributed by atoms with Crippen LogP contribution in [0.2, 0.25) is 0 Å². The van der Waals surface area contributed by atoms with Crippen molar-refractivity contribution in [2.75, 3.05) is 0 Å². The van der Waals surface area contributed by atoms with Gasteiger partial charge in [0.05, 0.1) is 4.83 Å². The van der Waals surface area contributed by atoms with Crippen molar-refractivity contribution < 1.29 is 22.7 Å². The molecule has 1 rings (SSSR count). The van der Waals surface area contributed by atoms with Crippen molar-refractivity contribution >= 4 is 33.3 Å². The summed E-state index contributed by atoms with van der Waals surface area (Å²) in [6, 6.07) is 5.09. The summed E-state index contributed by atoms with van der Waals surface area (Å²) < 4.78 is 39.9. The summed E-state index contributed by atoms with van der Waals surface area (Å²) in [5.74, 6) is -0.631. The number of benzene rings is 1. The Morgan fingerprint density at radius 1 is 1.46 bits per heavy atom. The van der Waals surface area contributed by atoms with E-state index < -0.39 is 6.36 Å². The molecule has 0 aliphatic carbocycles. The molecule has 7 heteroatoms. The van der Waals surface area contributed by atoms with Crippen LogP contribution in [-0.2, 0) is 0 Å². The van der Waals surface area contributed by atoms with Crippen molar-refractivity contribution in [2.24, 2.45) is 0 Å². The average Bonchev–Trinajstić information content (AvgIpc) is 2.45. The van der Waals surface area contributed by atoms with E-state index in [1.54, 1.807) is 12.2 Å². The number of allylic oxidation sites excluding steroid dienone is 3. The van der Waals surface area contributed by atoms with E-state index in [1.807, 2.05) is 13.8 Å². The molecule has 2 nitrogen and oxygen atoms in total. The predicted octanol–water partition coefficient (Wildman–Crippen LogP) is 6.65. The second-order valence-corrected chi connectivity index (χ2v) is 6.39. The second-order valence-electron chi connectivity index (χ2n) is 4.69. The third-order valence-corrected chi connectivity index (χ3v) is 3.53. The van der Waals surface area contributed by atoms with Crippen molar-refractivity contribution in [3.63, 3.8) is 0 Å². The fourth-order valence-corrected chi connectivity index (χ4v) is 2.39. The number of hydrogen-bond acceptors (Lipinski definition) is 2. The van der Waals surface area contributed by atoms with Gasteiger partial charge in [0.25, 0.3) is 0 Å². The molecule has 1 aromatic carbocycles. The van der Waals surface area contributed by atoms with Gasteiger partial charge in [0.15, 0.2) is 5.78 Å². The number of alkyl halides is 4. The molecule has 1 aromatic rings. The van der Waals surface area contributed by atoms with Crippen LogP contribution in [0.15, 0.2) is 48.0 Å². The molecule has 0 radical (unpaired) electrons. The first-order valence-corrected chi connectivity index (χ1v) is 8.39. The van der Waals surface area contributed by atoms with E-state index in [-0.39, 0.29) is 21.9 Å². The Bertz CT molecular complexity index is 567. The summed E-state index contributed by atoms with van der Waals surface area (Å²) in [7, 11) is 0. The van der Waals surface area contributed by atoms with Gasteiger partial charge in [-0.25, -0.2) is 0 Å². The molecule has 0 spiro atoms. The molecule has 0 amide bonds. The van der Waals surface area contributed by atoms with Gasteiger partial charge in [-0.2, -0.15) is 0 Å². The molecule has 134 valence electrons. The third kappa shape index (κ3) is 10.5. The van der Waals surface area contributed by atoms with E-state index in [0.717, 1.165) is 23.6 Å². The second kappa shape index (κ2) is 11.3. The van der Waals surface area contributed by atoms with Crippen LogP contribution in [-0.4, -0.2) is 17.0 Å². The minimum absolute atomic E-state index is 0.201. The van der Waals surface area contributed by atoms with E-state index in [0.29, 0.717) is 6.42 Å². The summed E-state index contributed by atoms with van der Waals surface area (Å²) in [4.78, 5) is 11.5. The zero-order valence-corrected chi connectivity index (χ0v) is 15.7. The van der Waals surface area contributed by atoms with Crippen LogP contribution in [0.25, 0.3) is 0 Å². The lowest BCUT2D eigenvalue weighted by atomic mass is 10.1. The molecule has 0 heterocycles. The van der Waals surface area contributed by atoms with Crippen molar-refractivity contribution in [3.8, 4) is 5.75 Å². The monoisotopic (exact) mass is 426 g/mol. The molecule has 0 N–H and O–H groups in total. The number of ketones is 1. The van der Waals surface area contributed by atoms with Crippen molar-refractivity contribution in [3.05, 3.63) is 53.6 Å². The zero-order chi connectivity index (χ0) is 18.8. The summed E-state index contributed by atoms with van der Waals surface area (Å²) in [5, 5.41) is 0.769. The summed E-state index contributed by atoms with van der Waals surface area (Å²) in [5.41, 5.74) is 0.201. The normalized spacial score (nSPS) is 12.7. The van der Waals surface area contributed by atoms with Crippen LogP contribution in [0.4, 0.5) is 13.2 Å². The topological polar surface area (TPSA) is 26.3 Å². The molecule has 0 saturated carbocycles. The van der Waals surface area contributed by atoms with Gasteiger partial charge < -0.3 is 4.74 Å². The molecule has 0 saturated heterocycles. The van der Waals surface area contributed by atoms with Gasteiger partial charge in [0.1, 0.15) is 5.75 Å². The Morgan fingerprint density at radius 2 is 2.08 bits per heavy atom. The molecule has 24 heavy (non-hydrogen) atoms. The molecule has 0 aliphatic rings. The van der Waals surface area contributed by atoms with Crippen LogP contribution < -0.4 is 4.74 Å². The third-order valence-electron chi connectivity index (χ3n) is 2.53. The van der Waals surface area contributed by atoms with Gasteiger partial charge in [-0.15, -0.1) is 13.2 Å². The highest BCUT2D eigenvalue weighted by Crippen LogP contribution is 2.25. The van der Waals surface area contributed by atoms with Crippen LogP contribution in [0, 0.1) is 0 Å². The van der Waals surface area contributed by atoms with Crippen LogP contribution in [0.5, 0.6) is 5.75 Å². The molecular formula is C17H19BrClF3O2. The fourth-order valence-electron chi connectivity index (χ4n) is 1.57. The molecule has 0 aromatic heterocycles. The number of Topliss-reactive ketones (excluding diaryl/α,β-unsaturated/α-hetero) is 1. The highest BCUT2D eigenvalue weighted by Gasteiger charge is 2.31. The van der Waals surface area contributed by atoms with Gasteiger partial charge in [-0.3, -0.25) is 4.79 Å². The highest BCUT2D eigenvalue weighted by atomic mass is 79.9. The number of rotatable bonds is 6. The van der Waals surface area contributed by atoms with Gasteiger partial charge >= 0.3 is 6.36 Å². The first kappa shape index (κ1) is 22.7. The highest BCUT2D eigenvalue weighted by molar-refractivity contribution is 9.10. The largest absolute Gasteiger partial charge is 0.573 e. The standard InChI is InChI=1S/C12H12BrF3O2.C5H7Cl/c1-2-4-10(13)11(17)8-5-3-6-9(7-8)18-12(14,15)16;1-3-4-5(2)6/h3,5-7,10H,2,4H2,1H3;3-4H,1H2,2H3/b;5-4+. The van der Waals surface area contributed by atoms with Crippen molar-refractivity contribution in [1.82, 2.24) is 0 Å². The maximum atomic E-state index is 12.0. The summed E-state index contributed by atoms with van der Waals surface area (Å²) >= 11 is 8.58. The number of ether oxygens (including phenoxy) is 1.